The van der Waals surface area contributed by atoms with E-state index in [2.05, 4.69) is 18.1 Å². The van der Waals surface area contributed by atoms with Crippen LogP contribution in [0.2, 0.25) is 0 Å². The Hall–Kier alpha value is -0.720. The van der Waals surface area contributed by atoms with Gasteiger partial charge in [-0.05, 0) is 0 Å². The van der Waals surface area contributed by atoms with E-state index in [-0.39, 0.29) is 0 Å². The van der Waals surface area contributed by atoms with Crippen molar-refractivity contribution in [1.29, 1.82) is 0 Å². The van der Waals surface area contributed by atoms with Crippen molar-refractivity contribution in [3.63, 3.8) is 0 Å². The first-order valence-corrected chi connectivity index (χ1v) is 1.03. The molecule has 0 aliphatic heterocycles. The molecule has 28 valence electrons. The maximum Gasteiger partial charge on any atom is 0.0368 e. The molecule has 0 bridgehead atoms. The number of nitrogens with two attached hydrogens (primary N) is 2. The van der Waals surface area contributed by atoms with Crippen molar-refractivity contribution in [2.24, 2.45) is 11.7 Å². The maximum absolute atomic E-state index is 4.67. The highest BCUT2D eigenvalue weighted by atomic mass is 15.6. The highest BCUT2D eigenvalue weighted by Gasteiger charge is 1.61. The summed E-state index contributed by atoms with van der Waals surface area (Å²) in [7, 11) is 0. The van der Waals surface area contributed by atoms with Crippen molar-refractivity contribution < 1.29 is 0 Å². The van der Waals surface area contributed by atoms with E-state index in [0.29, 0.717) is 5.12 Å². The molecule has 0 aromatic rings. The van der Waals surface area contributed by atoms with Crippen LogP contribution < -0.4 is 11.7 Å². The van der Waals surface area contributed by atoms with Crippen LogP contribution in [0.3, 0.4) is 0 Å². The van der Waals surface area contributed by atoms with Gasteiger partial charge in [-0.25, -0.2) is 16.8 Å². The molecule has 0 aliphatic rings. The molecule has 3 heteroatoms. The lowest BCUT2D eigenvalue weighted by molar-refractivity contribution is 0.442. The summed E-state index contributed by atoms with van der Waals surface area (Å²) >= 11 is 0. The third-order valence-electron chi connectivity index (χ3n) is 0.149. The predicted octanol–water partition coefficient (Wildman–Crippen LogP) is -1.37. The van der Waals surface area contributed by atoms with Gasteiger partial charge in [0.1, 0.15) is 0 Å². The van der Waals surface area contributed by atoms with Crippen molar-refractivity contribution in [3.8, 4) is 12.5 Å². The number of rotatable bonds is 0. The van der Waals surface area contributed by atoms with Gasteiger partial charge in [-0.1, -0.05) is 6.42 Å². The van der Waals surface area contributed by atoms with Crippen molar-refractivity contribution in [1.82, 2.24) is 5.12 Å². The van der Waals surface area contributed by atoms with Crippen LogP contribution in [0.5, 0.6) is 0 Å². The Kier molecular flexibility index (Phi) is 1.36. The fourth-order valence-electron chi connectivity index (χ4n) is 0. The third-order valence-corrected chi connectivity index (χ3v) is 0.149. The van der Waals surface area contributed by atoms with Gasteiger partial charge in [0.05, 0.1) is 0 Å². The van der Waals surface area contributed by atoms with E-state index in [1.54, 1.807) is 0 Å². The molecular formula is C2H5N3. The van der Waals surface area contributed by atoms with Gasteiger partial charge in [-0.15, -0.1) is 0 Å². The molecular weight excluding hydrogens is 66.0 g/mol. The van der Waals surface area contributed by atoms with Gasteiger partial charge in [-0.2, -0.15) is 0 Å². The molecule has 0 spiro atoms. The summed E-state index contributed by atoms with van der Waals surface area (Å²) in [6, 6.07) is 1.92. The normalized spacial score (nSPS) is 5.80. The first-order valence-electron chi connectivity index (χ1n) is 1.03. The molecule has 0 radical (unpaired) electrons. The smallest absolute Gasteiger partial charge is 0.0368 e. The summed E-state index contributed by atoms with van der Waals surface area (Å²) in [5.41, 5.74) is 0. The second kappa shape index (κ2) is 1.58. The second-order valence-corrected chi connectivity index (χ2v) is 0.536. The van der Waals surface area contributed by atoms with Crippen LogP contribution in [0.4, 0.5) is 0 Å². The number of hydrazine groups is 2. The largest absolute Gasteiger partial charge is 0.225 e. The first kappa shape index (κ1) is 4.28. The molecule has 0 aromatic heterocycles. The lowest BCUT2D eigenvalue weighted by atomic mass is 11.2. The molecule has 0 aliphatic carbocycles. The minimum Gasteiger partial charge on any atom is -0.225 e. The van der Waals surface area contributed by atoms with Gasteiger partial charge >= 0.3 is 0 Å². The Morgan fingerprint density at radius 2 is 1.80 bits per heavy atom. The van der Waals surface area contributed by atoms with Crippen molar-refractivity contribution in [2.45, 2.75) is 0 Å². The molecule has 0 atom stereocenters. The van der Waals surface area contributed by atoms with Crippen LogP contribution in [-0.4, -0.2) is 5.12 Å². The fraction of sp³-hybridized carbons (Fsp3) is 0. The molecule has 0 saturated heterocycles. The quantitative estimate of drug-likeness (QED) is 0.160. The van der Waals surface area contributed by atoms with E-state index in [4.69, 9.17) is 0 Å². The summed E-state index contributed by atoms with van der Waals surface area (Å²) in [6.07, 6.45) is 4.60. The van der Waals surface area contributed by atoms with Crippen molar-refractivity contribution in [3.05, 3.63) is 0 Å². The molecule has 5 heavy (non-hydrogen) atoms. The topological polar surface area (TPSA) is 55.3 Å². The Morgan fingerprint density at radius 1 is 1.60 bits per heavy atom. The lowest BCUT2D eigenvalue weighted by Crippen LogP contribution is -2.32. The molecule has 4 N–H and O–H groups in total. The minimum atomic E-state index is 0.653. The molecule has 0 fully saturated rings. The van der Waals surface area contributed by atoms with E-state index in [1.807, 2.05) is 6.04 Å². The van der Waals surface area contributed by atoms with E-state index in [1.165, 1.54) is 0 Å². The van der Waals surface area contributed by atoms with Gasteiger partial charge in [0.25, 0.3) is 0 Å². The van der Waals surface area contributed by atoms with E-state index in [9.17, 15) is 0 Å². The first-order chi connectivity index (χ1) is 2.27. The summed E-state index contributed by atoms with van der Waals surface area (Å²) in [5.74, 6) is 9.33. The van der Waals surface area contributed by atoms with Crippen LogP contribution in [0.15, 0.2) is 0 Å². The molecule has 0 amide bonds. The Balaban J connectivity index is 2.94. The monoisotopic (exact) mass is 71.0 g/mol. The summed E-state index contributed by atoms with van der Waals surface area (Å²) in [5, 5.41) is 0.653. The van der Waals surface area contributed by atoms with Crippen molar-refractivity contribution in [2.75, 3.05) is 0 Å². The van der Waals surface area contributed by atoms with Gasteiger partial charge in [-0.3, -0.25) is 0 Å². The SMILES string of the molecule is C#CN(N)N. The van der Waals surface area contributed by atoms with Gasteiger partial charge in [0.2, 0.25) is 0 Å². The molecule has 0 aromatic carbocycles. The average molecular weight is 71.1 g/mol. The number of terminal acetylenes is 1. The van der Waals surface area contributed by atoms with Crippen LogP contribution in [0, 0.1) is 12.5 Å². The van der Waals surface area contributed by atoms with E-state index in [0.717, 1.165) is 0 Å². The van der Waals surface area contributed by atoms with Gasteiger partial charge in [0, 0.05) is 6.04 Å². The third kappa shape index (κ3) is 3.28. The average Bonchev–Trinajstić information content (AvgIpc) is 1.38. The van der Waals surface area contributed by atoms with Crippen molar-refractivity contribution >= 4 is 0 Å². The Labute approximate surface area is 30.5 Å². The van der Waals surface area contributed by atoms with Crippen LogP contribution in [-0.2, 0) is 0 Å². The molecule has 0 saturated carbocycles. The summed E-state index contributed by atoms with van der Waals surface area (Å²) in [4.78, 5) is 0. The zero-order chi connectivity index (χ0) is 4.28. The van der Waals surface area contributed by atoms with Gasteiger partial charge in [0.15, 0.2) is 0 Å². The van der Waals surface area contributed by atoms with E-state index >= 15 is 0 Å². The minimum absolute atomic E-state index is 0.653. The number of hydrogen-bond donors (Lipinski definition) is 2. The number of nitrogens with zero attached hydrogens (tertiary/aromatic N) is 1. The zero-order valence-corrected chi connectivity index (χ0v) is 2.68. The fourth-order valence-corrected chi connectivity index (χ4v) is 0. The maximum atomic E-state index is 4.67. The molecule has 0 rings (SSSR count). The summed E-state index contributed by atoms with van der Waals surface area (Å²) < 4.78 is 0. The highest BCUT2D eigenvalue weighted by Crippen LogP contribution is 1.39. The molecule has 3 nitrogen and oxygen atoms in total. The molecule has 0 heterocycles. The van der Waals surface area contributed by atoms with Crippen LogP contribution >= 0.6 is 0 Å². The zero-order valence-electron chi connectivity index (χ0n) is 2.68. The van der Waals surface area contributed by atoms with Crippen LogP contribution in [0.25, 0.3) is 0 Å². The number of hydrogen-bond acceptors (Lipinski definition) is 3. The second-order valence-electron chi connectivity index (χ2n) is 0.536. The Bertz CT molecular complexity index is 50.4. The standard InChI is InChI=1S/C2H5N3/c1-2-5(3)4/h1H,3-4H2. The highest BCUT2D eigenvalue weighted by molar-refractivity contribution is 4.75. The molecule has 0 unspecified atom stereocenters. The predicted molar refractivity (Wildman–Crippen MR) is 19.0 cm³/mol. The summed E-state index contributed by atoms with van der Waals surface area (Å²) in [6.45, 7) is 0. The Morgan fingerprint density at radius 3 is 1.80 bits per heavy atom. The van der Waals surface area contributed by atoms with E-state index < -0.39 is 0 Å². The lowest BCUT2D eigenvalue weighted by Gasteiger charge is -1.93. The van der Waals surface area contributed by atoms with Crippen LogP contribution in [0.1, 0.15) is 0 Å². The van der Waals surface area contributed by atoms with Gasteiger partial charge < -0.3 is 0 Å².